The summed E-state index contributed by atoms with van der Waals surface area (Å²) in [5.41, 5.74) is -0.186. The number of halogens is 1. The normalized spacial score (nSPS) is 16.1. The minimum Gasteiger partial charge on any atom is -0.480 e. The van der Waals surface area contributed by atoms with Crippen molar-refractivity contribution in [3.63, 3.8) is 0 Å². The van der Waals surface area contributed by atoms with Crippen LogP contribution < -0.4 is 15.4 Å². The van der Waals surface area contributed by atoms with E-state index in [4.69, 9.17) is 25.5 Å². The van der Waals surface area contributed by atoms with Gasteiger partial charge in [-0.25, -0.2) is 9.59 Å². The van der Waals surface area contributed by atoms with Crippen LogP contribution in [0.3, 0.4) is 0 Å². The number of rotatable bonds is 7. The summed E-state index contributed by atoms with van der Waals surface area (Å²) < 4.78 is 15.9. The Morgan fingerprint density at radius 3 is 2.83 bits per heavy atom. The molecule has 0 saturated heterocycles. The summed E-state index contributed by atoms with van der Waals surface area (Å²) in [4.78, 5) is 35.2. The lowest BCUT2D eigenvalue weighted by Crippen LogP contribution is -2.47. The van der Waals surface area contributed by atoms with Crippen LogP contribution in [-0.2, 0) is 9.53 Å². The van der Waals surface area contributed by atoms with Crippen LogP contribution in [0.25, 0.3) is 0 Å². The average molecular weight is 422 g/mol. The summed E-state index contributed by atoms with van der Waals surface area (Å²) in [6.45, 7) is 1.42. The molecule has 1 aliphatic heterocycles. The molecular weight excluding hydrogens is 406 g/mol. The second-order valence-electron chi connectivity index (χ2n) is 5.82. The van der Waals surface area contributed by atoms with Crippen molar-refractivity contribution in [1.29, 1.82) is 0 Å². The van der Waals surface area contributed by atoms with Gasteiger partial charge in [0.15, 0.2) is 5.75 Å². The van der Waals surface area contributed by atoms with E-state index in [0.29, 0.717) is 5.76 Å². The minimum atomic E-state index is -0.906. The number of carbonyl (C=O) groups is 2. The highest BCUT2D eigenvalue weighted by Crippen LogP contribution is 2.32. The van der Waals surface area contributed by atoms with Crippen LogP contribution in [0.15, 0.2) is 52.3 Å². The lowest BCUT2D eigenvalue weighted by Gasteiger charge is -2.27. The quantitative estimate of drug-likeness (QED) is 0.398. The van der Waals surface area contributed by atoms with Gasteiger partial charge in [0.1, 0.15) is 18.4 Å². The van der Waals surface area contributed by atoms with Crippen molar-refractivity contribution in [3.8, 4) is 5.75 Å². The topological polar surface area (TPSA) is 133 Å². The van der Waals surface area contributed by atoms with Crippen LogP contribution in [0.1, 0.15) is 18.7 Å². The summed E-state index contributed by atoms with van der Waals surface area (Å²) in [6, 6.07) is 5.61. The molecule has 1 aliphatic rings. The molecule has 152 valence electrons. The van der Waals surface area contributed by atoms with Crippen molar-refractivity contribution in [1.82, 2.24) is 10.6 Å². The Kier molecular flexibility index (Phi) is 6.03. The molecule has 10 nitrogen and oxygen atoms in total. The summed E-state index contributed by atoms with van der Waals surface area (Å²) in [5.74, 6) is -0.444. The van der Waals surface area contributed by atoms with Crippen molar-refractivity contribution < 1.29 is 28.4 Å². The van der Waals surface area contributed by atoms with E-state index in [0.717, 1.165) is 6.07 Å². The first kappa shape index (κ1) is 20.2. The molecule has 0 bridgehead atoms. The largest absolute Gasteiger partial charge is 0.480 e. The number of ether oxygens (including phenoxy) is 2. The summed E-state index contributed by atoms with van der Waals surface area (Å²) in [6.07, 6.45) is 1.40. The molecule has 1 aromatic carbocycles. The molecule has 0 radical (unpaired) electrons. The van der Waals surface area contributed by atoms with E-state index < -0.39 is 23.0 Å². The molecule has 29 heavy (non-hydrogen) atoms. The number of amides is 2. The van der Waals surface area contributed by atoms with E-state index in [1.807, 2.05) is 0 Å². The van der Waals surface area contributed by atoms with Crippen molar-refractivity contribution in [3.05, 3.63) is 68.8 Å². The van der Waals surface area contributed by atoms with Crippen LogP contribution >= 0.6 is 11.6 Å². The third-order valence-electron chi connectivity index (χ3n) is 3.97. The van der Waals surface area contributed by atoms with Crippen LogP contribution in [0.2, 0.25) is 5.02 Å². The molecule has 0 aliphatic carbocycles. The minimum absolute atomic E-state index is 0.0676. The zero-order valence-electron chi connectivity index (χ0n) is 15.1. The number of nitro benzene ring substituents is 1. The highest BCUT2D eigenvalue weighted by atomic mass is 35.5. The van der Waals surface area contributed by atoms with Crippen LogP contribution in [0.4, 0.5) is 10.5 Å². The number of furan rings is 1. The van der Waals surface area contributed by atoms with E-state index in [9.17, 15) is 19.7 Å². The molecule has 0 saturated carbocycles. The molecular formula is C18H16ClN3O7. The van der Waals surface area contributed by atoms with Crippen molar-refractivity contribution in [2.24, 2.45) is 0 Å². The maximum absolute atomic E-state index is 12.6. The van der Waals surface area contributed by atoms with E-state index in [1.165, 1.54) is 18.4 Å². The Hall–Kier alpha value is -3.53. The third-order valence-corrected chi connectivity index (χ3v) is 4.20. The zero-order chi connectivity index (χ0) is 21.0. The molecule has 2 N–H and O–H groups in total. The highest BCUT2D eigenvalue weighted by Gasteiger charge is 2.35. The highest BCUT2D eigenvalue weighted by molar-refractivity contribution is 6.30. The Morgan fingerprint density at radius 2 is 2.17 bits per heavy atom. The first-order valence-electron chi connectivity index (χ1n) is 8.48. The van der Waals surface area contributed by atoms with Crippen LogP contribution in [-0.4, -0.2) is 30.1 Å². The fraction of sp³-hybridized carbons (Fsp3) is 0.222. The molecule has 3 rings (SSSR count). The maximum Gasteiger partial charge on any atom is 0.338 e. The molecule has 0 spiro atoms. The molecule has 1 aromatic heterocycles. The zero-order valence-corrected chi connectivity index (χ0v) is 15.9. The molecule has 11 heteroatoms. The van der Waals surface area contributed by atoms with Gasteiger partial charge in [0, 0.05) is 11.1 Å². The predicted molar refractivity (Wildman–Crippen MR) is 100 cm³/mol. The van der Waals surface area contributed by atoms with Gasteiger partial charge in [-0.05, 0) is 31.2 Å². The van der Waals surface area contributed by atoms with Gasteiger partial charge in [-0.2, -0.15) is 0 Å². The lowest BCUT2D eigenvalue weighted by atomic mass is 10.0. The van der Waals surface area contributed by atoms with Gasteiger partial charge in [-0.15, -0.1) is 0 Å². The third kappa shape index (κ3) is 4.49. The average Bonchev–Trinajstić information content (AvgIpc) is 3.21. The van der Waals surface area contributed by atoms with E-state index in [1.54, 1.807) is 19.1 Å². The van der Waals surface area contributed by atoms with Crippen molar-refractivity contribution in [2.45, 2.75) is 13.0 Å². The van der Waals surface area contributed by atoms with Gasteiger partial charge in [-0.1, -0.05) is 11.6 Å². The Labute approximate surface area is 169 Å². The number of hydrogen-bond donors (Lipinski definition) is 2. The predicted octanol–water partition coefficient (Wildman–Crippen LogP) is 3.09. The van der Waals surface area contributed by atoms with Crippen LogP contribution in [0, 0.1) is 10.1 Å². The smallest absolute Gasteiger partial charge is 0.338 e. The number of benzene rings is 1. The first-order chi connectivity index (χ1) is 13.9. The molecule has 2 heterocycles. The molecule has 2 aromatic rings. The Morgan fingerprint density at radius 1 is 1.38 bits per heavy atom. The maximum atomic E-state index is 12.6. The van der Waals surface area contributed by atoms with Gasteiger partial charge in [0.2, 0.25) is 0 Å². The fourth-order valence-electron chi connectivity index (χ4n) is 2.76. The van der Waals surface area contributed by atoms with E-state index in [2.05, 4.69) is 10.6 Å². The van der Waals surface area contributed by atoms with Gasteiger partial charge >= 0.3 is 17.7 Å². The molecule has 0 fully saturated rings. The van der Waals surface area contributed by atoms with Gasteiger partial charge in [0.05, 0.1) is 29.1 Å². The summed E-state index contributed by atoms with van der Waals surface area (Å²) in [7, 11) is 0. The number of urea groups is 1. The second-order valence-corrected chi connectivity index (χ2v) is 6.25. The SMILES string of the molecule is CCOC(=O)C1=C(COc2ccc(Cl)cc2[N+](=O)[O-])NC(=O)NC1c1ccco1. The van der Waals surface area contributed by atoms with Gasteiger partial charge < -0.3 is 24.5 Å². The van der Waals surface area contributed by atoms with Crippen molar-refractivity contribution >= 4 is 29.3 Å². The number of nitro groups is 1. The molecule has 1 unspecified atom stereocenters. The molecule has 2 amide bonds. The number of hydrogen-bond acceptors (Lipinski definition) is 7. The number of nitrogens with one attached hydrogen (secondary N) is 2. The molecule has 1 atom stereocenters. The van der Waals surface area contributed by atoms with Crippen LogP contribution in [0.5, 0.6) is 5.75 Å². The number of carbonyl (C=O) groups excluding carboxylic acids is 2. The standard InChI is InChI=1S/C18H16ClN3O7/c1-2-27-17(23)15-11(20-18(24)21-16(15)14-4-3-7-28-14)9-29-13-6-5-10(19)8-12(13)22(25)26/h3-8,16H,2,9H2,1H3,(H2,20,21,24). The van der Waals surface area contributed by atoms with E-state index in [-0.39, 0.29) is 40.9 Å². The summed E-state index contributed by atoms with van der Waals surface area (Å²) in [5, 5.41) is 16.5. The first-order valence-corrected chi connectivity index (χ1v) is 8.86. The number of nitrogens with zero attached hydrogens (tertiary/aromatic N) is 1. The summed E-state index contributed by atoms with van der Waals surface area (Å²) >= 11 is 5.80. The monoisotopic (exact) mass is 421 g/mol. The fourth-order valence-corrected chi connectivity index (χ4v) is 2.92. The van der Waals surface area contributed by atoms with Crippen molar-refractivity contribution in [2.75, 3.05) is 13.2 Å². The lowest BCUT2D eigenvalue weighted by molar-refractivity contribution is -0.385. The van der Waals surface area contributed by atoms with E-state index >= 15 is 0 Å². The number of esters is 1. The Bertz CT molecular complexity index is 972. The Balaban J connectivity index is 1.97. The van der Waals surface area contributed by atoms with Gasteiger partial charge in [-0.3, -0.25) is 10.1 Å². The second kappa shape index (κ2) is 8.65. The van der Waals surface area contributed by atoms with Gasteiger partial charge in [0.25, 0.3) is 0 Å².